The minimum Gasteiger partial charge on any atom is -0.507 e. The van der Waals surface area contributed by atoms with Gasteiger partial charge in [0.2, 0.25) is 0 Å². The van der Waals surface area contributed by atoms with Gasteiger partial charge in [-0.05, 0) is 18.1 Å². The van der Waals surface area contributed by atoms with Crippen LogP contribution in [0.3, 0.4) is 0 Å². The lowest BCUT2D eigenvalue weighted by atomic mass is 10.2. The summed E-state index contributed by atoms with van der Waals surface area (Å²) >= 11 is 0. The lowest BCUT2D eigenvalue weighted by molar-refractivity contribution is 0.0458. The van der Waals surface area contributed by atoms with Crippen molar-refractivity contribution < 1.29 is 14.6 Å². The highest BCUT2D eigenvalue weighted by molar-refractivity contribution is 5.89. The Morgan fingerprint density at radius 2 is 2.29 bits per heavy atom. The zero-order valence-electron chi connectivity index (χ0n) is 8.28. The van der Waals surface area contributed by atoms with E-state index in [1.54, 1.807) is 12.1 Å². The van der Waals surface area contributed by atoms with E-state index in [9.17, 15) is 4.79 Å². The number of ether oxygens (including phenoxy) is 1. The summed E-state index contributed by atoms with van der Waals surface area (Å²) in [4.78, 5) is 11.3. The first-order valence-electron chi connectivity index (χ1n) is 4.48. The van der Waals surface area contributed by atoms with Crippen molar-refractivity contribution in [2.45, 2.75) is 13.8 Å². The summed E-state index contributed by atoms with van der Waals surface area (Å²) in [6.45, 7) is 4.29. The summed E-state index contributed by atoms with van der Waals surface area (Å²) in [5.74, 6) is -0.199. The monoisotopic (exact) mass is 193 g/mol. The molecule has 0 aliphatic carbocycles. The van der Waals surface area contributed by atoms with Gasteiger partial charge in [0, 0.05) is 6.07 Å². The standard InChI is InChI=1S/C11H13O3/c1-8(2)7-14-11(13)9-4-3-5-10(12)6-9/h3-5,8,12H,7H2,1-2H3. The molecule has 1 aromatic carbocycles. The van der Waals surface area contributed by atoms with Crippen LogP contribution in [0.5, 0.6) is 5.75 Å². The lowest BCUT2D eigenvalue weighted by Gasteiger charge is -2.06. The van der Waals surface area contributed by atoms with Gasteiger partial charge in [-0.2, -0.15) is 0 Å². The van der Waals surface area contributed by atoms with Crippen LogP contribution < -0.4 is 0 Å². The molecule has 3 heteroatoms. The number of carbonyl (C=O) groups is 1. The topological polar surface area (TPSA) is 46.5 Å². The molecular weight excluding hydrogens is 180 g/mol. The lowest BCUT2D eigenvalue weighted by Crippen LogP contribution is -2.10. The summed E-state index contributed by atoms with van der Waals surface area (Å²) in [5, 5.41) is 9.08. The first kappa shape index (κ1) is 10.6. The van der Waals surface area contributed by atoms with Crippen molar-refractivity contribution in [1.82, 2.24) is 0 Å². The smallest absolute Gasteiger partial charge is 0.338 e. The predicted molar refractivity (Wildman–Crippen MR) is 52.1 cm³/mol. The van der Waals surface area contributed by atoms with E-state index in [0.29, 0.717) is 12.5 Å². The van der Waals surface area contributed by atoms with Crippen LogP contribution in [-0.4, -0.2) is 17.7 Å². The molecule has 0 aliphatic heterocycles. The molecule has 0 unspecified atom stereocenters. The zero-order chi connectivity index (χ0) is 10.6. The Morgan fingerprint density at radius 3 is 2.86 bits per heavy atom. The van der Waals surface area contributed by atoms with Crippen LogP contribution in [0.25, 0.3) is 0 Å². The fraction of sp³-hybridized carbons (Fsp3) is 0.364. The molecule has 0 heterocycles. The number of phenols is 1. The van der Waals surface area contributed by atoms with Crippen molar-refractivity contribution in [2.75, 3.05) is 6.61 Å². The van der Waals surface area contributed by atoms with Gasteiger partial charge in [-0.25, -0.2) is 4.79 Å². The summed E-state index contributed by atoms with van der Waals surface area (Å²) in [7, 11) is 0. The molecule has 75 valence electrons. The highest BCUT2D eigenvalue weighted by atomic mass is 16.5. The minimum absolute atomic E-state index is 0.0519. The molecule has 0 amide bonds. The van der Waals surface area contributed by atoms with Crippen molar-refractivity contribution in [2.24, 2.45) is 5.92 Å². The first-order valence-corrected chi connectivity index (χ1v) is 4.48. The molecule has 14 heavy (non-hydrogen) atoms. The summed E-state index contributed by atoms with van der Waals surface area (Å²) in [6.07, 6.45) is 0. The number of benzene rings is 1. The van der Waals surface area contributed by atoms with Crippen LogP contribution in [0.1, 0.15) is 24.2 Å². The molecule has 0 fully saturated rings. The number of phenolic OH excluding ortho intramolecular Hbond substituents is 1. The van der Waals surface area contributed by atoms with Crippen LogP contribution in [0, 0.1) is 12.0 Å². The van der Waals surface area contributed by atoms with E-state index in [4.69, 9.17) is 9.84 Å². The van der Waals surface area contributed by atoms with Gasteiger partial charge < -0.3 is 9.84 Å². The fourth-order valence-corrected chi connectivity index (χ4v) is 0.896. The number of esters is 1. The van der Waals surface area contributed by atoms with Crippen molar-refractivity contribution in [3.63, 3.8) is 0 Å². The van der Waals surface area contributed by atoms with E-state index in [1.807, 2.05) is 13.8 Å². The quantitative estimate of drug-likeness (QED) is 0.747. The van der Waals surface area contributed by atoms with E-state index >= 15 is 0 Å². The van der Waals surface area contributed by atoms with Gasteiger partial charge in [-0.3, -0.25) is 0 Å². The largest absolute Gasteiger partial charge is 0.507 e. The third kappa shape index (κ3) is 3.09. The van der Waals surface area contributed by atoms with E-state index < -0.39 is 5.97 Å². The van der Waals surface area contributed by atoms with E-state index in [-0.39, 0.29) is 11.3 Å². The highest BCUT2D eigenvalue weighted by Crippen LogP contribution is 2.11. The van der Waals surface area contributed by atoms with Crippen molar-refractivity contribution in [3.05, 3.63) is 29.8 Å². The molecule has 0 atom stereocenters. The predicted octanol–water partition coefficient (Wildman–Crippen LogP) is 2.01. The molecule has 1 radical (unpaired) electrons. The number of hydrogen-bond donors (Lipinski definition) is 1. The summed E-state index contributed by atoms with van der Waals surface area (Å²) in [6, 6.07) is 7.11. The van der Waals surface area contributed by atoms with Gasteiger partial charge in [-0.15, -0.1) is 0 Å². The maximum absolute atomic E-state index is 11.3. The molecule has 0 aromatic heterocycles. The summed E-state index contributed by atoms with van der Waals surface area (Å²) in [5.41, 5.74) is 0.255. The number of carbonyl (C=O) groups excluding carboxylic acids is 1. The molecule has 1 rings (SSSR count). The van der Waals surface area contributed by atoms with E-state index in [1.165, 1.54) is 6.07 Å². The van der Waals surface area contributed by atoms with Crippen molar-refractivity contribution in [1.29, 1.82) is 0 Å². The fourth-order valence-electron chi connectivity index (χ4n) is 0.896. The van der Waals surface area contributed by atoms with E-state index in [0.717, 1.165) is 0 Å². The molecule has 0 bridgehead atoms. The minimum atomic E-state index is -0.449. The van der Waals surface area contributed by atoms with Crippen LogP contribution in [0.15, 0.2) is 18.2 Å². The van der Waals surface area contributed by atoms with Gasteiger partial charge in [0.1, 0.15) is 5.75 Å². The zero-order valence-corrected chi connectivity index (χ0v) is 8.28. The van der Waals surface area contributed by atoms with Crippen LogP contribution in [-0.2, 0) is 4.74 Å². The van der Waals surface area contributed by atoms with Gasteiger partial charge in [0.15, 0.2) is 0 Å². The average molecular weight is 193 g/mol. The second-order valence-corrected chi connectivity index (χ2v) is 3.44. The van der Waals surface area contributed by atoms with E-state index in [2.05, 4.69) is 6.07 Å². The normalized spacial score (nSPS) is 10.2. The van der Waals surface area contributed by atoms with Crippen LogP contribution in [0.4, 0.5) is 0 Å². The van der Waals surface area contributed by atoms with Crippen molar-refractivity contribution in [3.8, 4) is 5.75 Å². The average Bonchev–Trinajstić information content (AvgIpc) is 2.14. The number of aromatic hydroxyl groups is 1. The molecule has 1 aromatic rings. The van der Waals surface area contributed by atoms with Gasteiger partial charge in [0.25, 0.3) is 0 Å². The highest BCUT2D eigenvalue weighted by Gasteiger charge is 2.08. The Morgan fingerprint density at radius 1 is 1.57 bits per heavy atom. The Balaban J connectivity index is 2.61. The van der Waals surface area contributed by atoms with Gasteiger partial charge >= 0.3 is 5.97 Å². The molecule has 3 nitrogen and oxygen atoms in total. The maximum atomic E-state index is 11.3. The van der Waals surface area contributed by atoms with Crippen LogP contribution in [0.2, 0.25) is 0 Å². The second kappa shape index (κ2) is 4.65. The molecule has 0 saturated heterocycles. The Hall–Kier alpha value is -1.51. The Kier molecular flexibility index (Phi) is 3.51. The van der Waals surface area contributed by atoms with Gasteiger partial charge in [-0.1, -0.05) is 19.9 Å². The van der Waals surface area contributed by atoms with Crippen molar-refractivity contribution >= 4 is 5.97 Å². The molecule has 0 saturated carbocycles. The van der Waals surface area contributed by atoms with Crippen LogP contribution >= 0.6 is 0 Å². The Labute approximate surface area is 83.3 Å². The Bertz CT molecular complexity index is 318. The number of hydrogen-bond acceptors (Lipinski definition) is 3. The van der Waals surface area contributed by atoms with Gasteiger partial charge in [0.05, 0.1) is 12.2 Å². The third-order valence-electron chi connectivity index (χ3n) is 1.55. The third-order valence-corrected chi connectivity index (χ3v) is 1.55. The molecular formula is C11H13O3. The first-order chi connectivity index (χ1) is 6.59. The number of rotatable bonds is 3. The second-order valence-electron chi connectivity index (χ2n) is 3.44. The maximum Gasteiger partial charge on any atom is 0.338 e. The molecule has 1 N–H and O–H groups in total. The molecule has 0 aliphatic rings. The summed E-state index contributed by atoms with van der Waals surface area (Å²) < 4.78 is 4.96. The SMILES string of the molecule is CC(C)COC(=O)c1[c]c(O)ccc1. The molecule has 0 spiro atoms.